The van der Waals surface area contributed by atoms with Crippen LogP contribution in [0.3, 0.4) is 0 Å². The molecule has 1 aromatic carbocycles. The number of aromatic nitrogens is 2. The van der Waals surface area contributed by atoms with Gasteiger partial charge in [0.25, 0.3) is 0 Å². The number of benzene rings is 1. The molecule has 0 atom stereocenters. The summed E-state index contributed by atoms with van der Waals surface area (Å²) in [6.45, 7) is 3.40. The highest BCUT2D eigenvalue weighted by atomic mass is 16.5. The fraction of sp³-hybridized carbons (Fsp3) is 0.357. The van der Waals surface area contributed by atoms with Crippen LogP contribution in [0.4, 0.5) is 0 Å². The monoisotopic (exact) mass is 245 g/mol. The van der Waals surface area contributed by atoms with E-state index in [2.05, 4.69) is 22.5 Å². The van der Waals surface area contributed by atoms with E-state index in [1.165, 1.54) is 5.56 Å². The van der Waals surface area contributed by atoms with Crippen molar-refractivity contribution in [1.29, 1.82) is 0 Å². The Morgan fingerprint density at radius 3 is 2.56 bits per heavy atom. The molecule has 2 rings (SSSR count). The molecule has 96 valence electrons. The van der Waals surface area contributed by atoms with E-state index in [1.54, 1.807) is 0 Å². The second-order valence-electron chi connectivity index (χ2n) is 4.36. The van der Waals surface area contributed by atoms with E-state index in [4.69, 9.17) is 4.74 Å². The summed E-state index contributed by atoms with van der Waals surface area (Å²) >= 11 is 0. The second-order valence-corrected chi connectivity index (χ2v) is 4.36. The molecule has 2 aromatic rings. The van der Waals surface area contributed by atoms with E-state index >= 15 is 0 Å². The maximum Gasteiger partial charge on any atom is 0.130 e. The molecule has 4 heteroatoms. The molecule has 0 spiro atoms. The SMILES string of the molecule is CNCc1ccc(OCc2cc(C)nn2C)cc1. The average Bonchev–Trinajstić information content (AvgIpc) is 2.67. The van der Waals surface area contributed by atoms with Gasteiger partial charge in [-0.1, -0.05) is 12.1 Å². The number of nitrogens with one attached hydrogen (secondary N) is 1. The maximum atomic E-state index is 5.74. The molecule has 0 unspecified atom stereocenters. The van der Waals surface area contributed by atoms with Crippen LogP contribution in [0.15, 0.2) is 30.3 Å². The van der Waals surface area contributed by atoms with Crippen LogP contribution in [0.5, 0.6) is 5.75 Å². The quantitative estimate of drug-likeness (QED) is 0.876. The molecule has 1 aromatic heterocycles. The largest absolute Gasteiger partial charge is 0.487 e. The zero-order chi connectivity index (χ0) is 13.0. The number of aryl methyl sites for hydroxylation is 2. The van der Waals surface area contributed by atoms with E-state index in [0.29, 0.717) is 6.61 Å². The summed E-state index contributed by atoms with van der Waals surface area (Å²) in [6.07, 6.45) is 0. The van der Waals surface area contributed by atoms with Gasteiger partial charge < -0.3 is 10.1 Å². The van der Waals surface area contributed by atoms with Crippen molar-refractivity contribution in [3.05, 3.63) is 47.3 Å². The Morgan fingerprint density at radius 1 is 1.28 bits per heavy atom. The first-order chi connectivity index (χ1) is 8.69. The predicted molar refractivity (Wildman–Crippen MR) is 71.5 cm³/mol. The van der Waals surface area contributed by atoms with Crippen LogP contribution in [-0.2, 0) is 20.2 Å². The Labute approximate surface area is 108 Å². The van der Waals surface area contributed by atoms with Gasteiger partial charge in [0.15, 0.2) is 0 Å². The fourth-order valence-corrected chi connectivity index (χ4v) is 1.86. The molecule has 1 heterocycles. The van der Waals surface area contributed by atoms with Gasteiger partial charge in [0.2, 0.25) is 0 Å². The standard InChI is InChI=1S/C14H19N3O/c1-11-8-13(17(3)16-11)10-18-14-6-4-12(5-7-14)9-15-2/h4-8,15H,9-10H2,1-3H3. The fourth-order valence-electron chi connectivity index (χ4n) is 1.86. The van der Waals surface area contributed by atoms with E-state index in [9.17, 15) is 0 Å². The lowest BCUT2D eigenvalue weighted by atomic mass is 10.2. The van der Waals surface area contributed by atoms with Gasteiger partial charge in [-0.15, -0.1) is 0 Å². The Kier molecular flexibility index (Phi) is 3.99. The van der Waals surface area contributed by atoms with E-state index in [1.807, 2.05) is 43.9 Å². The van der Waals surface area contributed by atoms with E-state index in [0.717, 1.165) is 23.7 Å². The minimum atomic E-state index is 0.544. The number of rotatable bonds is 5. The first-order valence-corrected chi connectivity index (χ1v) is 6.05. The predicted octanol–water partition coefficient (Wildman–Crippen LogP) is 2.03. The minimum Gasteiger partial charge on any atom is -0.487 e. The van der Waals surface area contributed by atoms with Gasteiger partial charge in [-0.25, -0.2) is 0 Å². The van der Waals surface area contributed by atoms with Gasteiger partial charge in [-0.2, -0.15) is 5.10 Å². The molecule has 0 aliphatic carbocycles. The number of nitrogens with zero attached hydrogens (tertiary/aromatic N) is 2. The van der Waals surface area contributed by atoms with Crippen molar-refractivity contribution >= 4 is 0 Å². The van der Waals surface area contributed by atoms with Crippen LogP contribution < -0.4 is 10.1 Å². The van der Waals surface area contributed by atoms with Gasteiger partial charge in [0.05, 0.1) is 11.4 Å². The molecule has 0 saturated carbocycles. The maximum absolute atomic E-state index is 5.74. The summed E-state index contributed by atoms with van der Waals surface area (Å²) in [5.74, 6) is 0.883. The first kappa shape index (κ1) is 12.6. The van der Waals surface area contributed by atoms with Crippen LogP contribution in [0, 0.1) is 6.92 Å². The minimum absolute atomic E-state index is 0.544. The van der Waals surface area contributed by atoms with Gasteiger partial charge in [-0.3, -0.25) is 4.68 Å². The summed E-state index contributed by atoms with van der Waals surface area (Å²) in [7, 11) is 3.87. The summed E-state index contributed by atoms with van der Waals surface area (Å²) in [4.78, 5) is 0. The van der Waals surface area contributed by atoms with Crippen molar-refractivity contribution in [2.75, 3.05) is 7.05 Å². The first-order valence-electron chi connectivity index (χ1n) is 6.05. The third kappa shape index (κ3) is 3.11. The lowest BCUT2D eigenvalue weighted by Crippen LogP contribution is -2.05. The van der Waals surface area contributed by atoms with Crippen LogP contribution in [-0.4, -0.2) is 16.8 Å². The summed E-state index contributed by atoms with van der Waals surface area (Å²) in [6, 6.07) is 10.2. The van der Waals surface area contributed by atoms with Crippen molar-refractivity contribution in [2.45, 2.75) is 20.1 Å². The second kappa shape index (κ2) is 5.69. The number of hydrogen-bond donors (Lipinski definition) is 1. The molecule has 0 radical (unpaired) electrons. The summed E-state index contributed by atoms with van der Waals surface area (Å²) in [5.41, 5.74) is 3.34. The molecule has 0 amide bonds. The molecular formula is C14H19N3O. The summed E-state index contributed by atoms with van der Waals surface area (Å²) < 4.78 is 7.59. The third-order valence-corrected chi connectivity index (χ3v) is 2.79. The number of ether oxygens (including phenoxy) is 1. The topological polar surface area (TPSA) is 39.1 Å². The van der Waals surface area contributed by atoms with E-state index < -0.39 is 0 Å². The van der Waals surface area contributed by atoms with Crippen molar-refractivity contribution in [1.82, 2.24) is 15.1 Å². The highest BCUT2D eigenvalue weighted by Crippen LogP contribution is 2.14. The number of hydrogen-bond acceptors (Lipinski definition) is 3. The Hall–Kier alpha value is -1.81. The van der Waals surface area contributed by atoms with Crippen LogP contribution in [0.2, 0.25) is 0 Å². The zero-order valence-electron chi connectivity index (χ0n) is 11.1. The van der Waals surface area contributed by atoms with Crippen molar-refractivity contribution in [3.63, 3.8) is 0 Å². The zero-order valence-corrected chi connectivity index (χ0v) is 11.1. The molecule has 0 fully saturated rings. The van der Waals surface area contributed by atoms with Crippen LogP contribution in [0.1, 0.15) is 17.0 Å². The lowest BCUT2D eigenvalue weighted by Gasteiger charge is -2.07. The van der Waals surface area contributed by atoms with Gasteiger partial charge in [0, 0.05) is 13.6 Å². The van der Waals surface area contributed by atoms with Crippen LogP contribution in [0.25, 0.3) is 0 Å². The van der Waals surface area contributed by atoms with Crippen molar-refractivity contribution in [2.24, 2.45) is 7.05 Å². The molecule has 0 bridgehead atoms. The van der Waals surface area contributed by atoms with Gasteiger partial charge >= 0.3 is 0 Å². The summed E-state index contributed by atoms with van der Waals surface area (Å²) in [5, 5.41) is 7.41. The molecule has 4 nitrogen and oxygen atoms in total. The normalized spacial score (nSPS) is 10.6. The smallest absolute Gasteiger partial charge is 0.130 e. The molecular weight excluding hydrogens is 226 g/mol. The Balaban J connectivity index is 1.95. The Morgan fingerprint density at radius 2 is 2.00 bits per heavy atom. The molecule has 0 aliphatic rings. The third-order valence-electron chi connectivity index (χ3n) is 2.79. The van der Waals surface area contributed by atoms with Gasteiger partial charge in [0.1, 0.15) is 12.4 Å². The lowest BCUT2D eigenvalue weighted by molar-refractivity contribution is 0.295. The molecule has 0 aliphatic heterocycles. The Bertz CT molecular complexity index is 502. The van der Waals surface area contributed by atoms with Crippen molar-refractivity contribution < 1.29 is 4.74 Å². The molecule has 0 saturated heterocycles. The average molecular weight is 245 g/mol. The van der Waals surface area contributed by atoms with Crippen LogP contribution >= 0.6 is 0 Å². The van der Waals surface area contributed by atoms with Crippen molar-refractivity contribution in [3.8, 4) is 5.75 Å². The highest BCUT2D eigenvalue weighted by molar-refractivity contribution is 5.27. The molecule has 1 N–H and O–H groups in total. The molecule has 18 heavy (non-hydrogen) atoms. The highest BCUT2D eigenvalue weighted by Gasteiger charge is 2.02. The van der Waals surface area contributed by atoms with E-state index in [-0.39, 0.29) is 0 Å². The van der Waals surface area contributed by atoms with Gasteiger partial charge in [-0.05, 0) is 37.7 Å².